The molecule has 3 N–H and O–H groups in total. The molecule has 24 heavy (non-hydrogen) atoms. The van der Waals surface area contributed by atoms with Gasteiger partial charge in [-0.15, -0.1) is 0 Å². The third-order valence-corrected chi connectivity index (χ3v) is 3.63. The minimum atomic E-state index is -0.216. The van der Waals surface area contributed by atoms with Gasteiger partial charge in [0.25, 0.3) is 5.91 Å². The van der Waals surface area contributed by atoms with Crippen molar-refractivity contribution in [3.05, 3.63) is 53.6 Å². The molecular formula is C17H17N5O2. The molecule has 1 amide bonds. The third kappa shape index (κ3) is 2.96. The Balaban J connectivity index is 2.00. The van der Waals surface area contributed by atoms with Gasteiger partial charge in [-0.3, -0.25) is 19.1 Å². The lowest BCUT2D eigenvalue weighted by Crippen LogP contribution is -2.20. The average Bonchev–Trinajstić information content (AvgIpc) is 2.87. The molecule has 0 aliphatic rings. The summed E-state index contributed by atoms with van der Waals surface area (Å²) in [5.74, 6) is 0.216. The van der Waals surface area contributed by atoms with E-state index in [0.29, 0.717) is 33.8 Å². The Morgan fingerprint density at radius 2 is 2.04 bits per heavy atom. The van der Waals surface area contributed by atoms with E-state index in [9.17, 15) is 9.59 Å². The fraction of sp³-hybridized carbons (Fsp3) is 0.176. The number of nitrogen functional groups attached to an aromatic ring is 1. The summed E-state index contributed by atoms with van der Waals surface area (Å²) in [6.45, 7) is 3.47. The Kier molecular flexibility index (Phi) is 3.99. The van der Waals surface area contributed by atoms with E-state index in [4.69, 9.17) is 5.73 Å². The summed E-state index contributed by atoms with van der Waals surface area (Å²) >= 11 is 0. The number of aryl methyl sites for hydroxylation is 1. The predicted molar refractivity (Wildman–Crippen MR) is 90.4 cm³/mol. The molecule has 0 bridgehead atoms. The monoisotopic (exact) mass is 323 g/mol. The highest BCUT2D eigenvalue weighted by Gasteiger charge is 2.16. The normalized spacial score (nSPS) is 10.8. The number of carbonyl (C=O) groups is 2. The number of nitrogens with zero attached hydrogens (tertiary/aromatic N) is 3. The number of pyridine rings is 1. The van der Waals surface area contributed by atoms with Gasteiger partial charge in [0.1, 0.15) is 5.82 Å². The number of nitrogens with one attached hydrogen (secondary N) is 1. The zero-order valence-corrected chi connectivity index (χ0v) is 13.4. The lowest BCUT2D eigenvalue weighted by molar-refractivity contribution is -0.119. The van der Waals surface area contributed by atoms with E-state index in [1.165, 1.54) is 11.5 Å². The fourth-order valence-corrected chi connectivity index (χ4v) is 2.52. The summed E-state index contributed by atoms with van der Waals surface area (Å²) in [5.41, 5.74) is 8.85. The van der Waals surface area contributed by atoms with Gasteiger partial charge in [-0.2, -0.15) is 0 Å². The van der Waals surface area contributed by atoms with E-state index in [0.717, 1.165) is 0 Å². The first-order valence-electron chi connectivity index (χ1n) is 7.44. The van der Waals surface area contributed by atoms with Gasteiger partial charge in [-0.05, 0) is 37.3 Å². The van der Waals surface area contributed by atoms with Crippen molar-refractivity contribution in [1.82, 2.24) is 19.9 Å². The van der Waals surface area contributed by atoms with Gasteiger partial charge in [0, 0.05) is 24.4 Å². The van der Waals surface area contributed by atoms with Crippen molar-refractivity contribution in [2.24, 2.45) is 0 Å². The molecule has 3 rings (SSSR count). The molecule has 1 aromatic carbocycles. The second-order valence-corrected chi connectivity index (χ2v) is 5.49. The van der Waals surface area contributed by atoms with Crippen molar-refractivity contribution in [2.75, 3.05) is 5.73 Å². The Morgan fingerprint density at radius 3 is 2.79 bits per heavy atom. The number of rotatable bonds is 3. The highest BCUT2D eigenvalue weighted by Crippen LogP contribution is 2.20. The van der Waals surface area contributed by atoms with Crippen molar-refractivity contribution < 1.29 is 9.59 Å². The van der Waals surface area contributed by atoms with Crippen LogP contribution in [-0.2, 0) is 11.3 Å². The quantitative estimate of drug-likeness (QED) is 0.713. The predicted octanol–water partition coefficient (Wildman–Crippen LogP) is 1.65. The zero-order chi connectivity index (χ0) is 17.3. The lowest BCUT2D eigenvalue weighted by atomic mass is 10.2. The number of anilines is 1. The van der Waals surface area contributed by atoms with Crippen molar-refractivity contribution in [3.8, 4) is 0 Å². The fourth-order valence-electron chi connectivity index (χ4n) is 2.52. The first-order chi connectivity index (χ1) is 11.5. The molecule has 0 aliphatic heterocycles. The number of aromatic nitrogens is 3. The molecular weight excluding hydrogens is 306 g/mol. The van der Waals surface area contributed by atoms with Crippen LogP contribution in [0.2, 0.25) is 0 Å². The maximum Gasteiger partial charge on any atom is 0.263 e. The molecule has 0 fully saturated rings. The Labute approximate surface area is 138 Å². The Morgan fingerprint density at radius 1 is 1.25 bits per heavy atom. The Hall–Kier alpha value is -3.22. The van der Waals surface area contributed by atoms with Crippen LogP contribution in [-0.4, -0.2) is 26.3 Å². The topological polar surface area (TPSA) is 103 Å². The first-order valence-corrected chi connectivity index (χ1v) is 7.44. The number of benzene rings is 1. The third-order valence-electron chi connectivity index (χ3n) is 3.63. The molecule has 0 radical (unpaired) electrons. The first kappa shape index (κ1) is 15.7. The average molecular weight is 323 g/mol. The van der Waals surface area contributed by atoms with Gasteiger partial charge < -0.3 is 11.1 Å². The molecule has 0 aliphatic carbocycles. The summed E-state index contributed by atoms with van der Waals surface area (Å²) < 4.78 is 1.53. The molecule has 0 spiro atoms. The van der Waals surface area contributed by atoms with Crippen molar-refractivity contribution >= 4 is 28.5 Å². The van der Waals surface area contributed by atoms with Crippen molar-refractivity contribution in [3.63, 3.8) is 0 Å². The van der Waals surface area contributed by atoms with Gasteiger partial charge in [-0.1, -0.05) is 0 Å². The minimum Gasteiger partial charge on any atom is -0.399 e. The van der Waals surface area contributed by atoms with Gasteiger partial charge in [0.05, 0.1) is 23.3 Å². The molecule has 0 saturated carbocycles. The largest absolute Gasteiger partial charge is 0.399 e. The van der Waals surface area contributed by atoms with Crippen LogP contribution in [0.4, 0.5) is 5.69 Å². The van der Waals surface area contributed by atoms with Crippen molar-refractivity contribution in [2.45, 2.75) is 20.4 Å². The van der Waals surface area contributed by atoms with Crippen LogP contribution >= 0.6 is 0 Å². The molecule has 0 unspecified atom stereocenters. The number of carbonyl (C=O) groups excluding carboxylic acids is 2. The van der Waals surface area contributed by atoms with Crippen LogP contribution < -0.4 is 11.1 Å². The molecule has 2 heterocycles. The van der Waals surface area contributed by atoms with E-state index in [1.54, 1.807) is 43.5 Å². The second kappa shape index (κ2) is 6.11. The number of hydrogen-bond acceptors (Lipinski definition) is 5. The van der Waals surface area contributed by atoms with E-state index < -0.39 is 0 Å². The number of nitrogens with two attached hydrogens (primary N) is 1. The summed E-state index contributed by atoms with van der Waals surface area (Å²) in [5, 5.41) is 2.66. The molecule has 7 heteroatoms. The van der Waals surface area contributed by atoms with Crippen LogP contribution in [0.25, 0.3) is 11.0 Å². The smallest absolute Gasteiger partial charge is 0.263 e. The van der Waals surface area contributed by atoms with E-state index in [1.807, 2.05) is 0 Å². The van der Waals surface area contributed by atoms with Crippen LogP contribution in [0.3, 0.4) is 0 Å². The molecule has 0 atom stereocenters. The van der Waals surface area contributed by atoms with Crippen LogP contribution in [0.1, 0.15) is 28.8 Å². The van der Waals surface area contributed by atoms with Gasteiger partial charge >= 0.3 is 0 Å². The summed E-state index contributed by atoms with van der Waals surface area (Å²) in [6, 6.07) is 8.57. The molecule has 122 valence electrons. The molecule has 0 saturated heterocycles. The number of hydrogen-bond donors (Lipinski definition) is 2. The maximum absolute atomic E-state index is 12.9. The van der Waals surface area contributed by atoms with Gasteiger partial charge in [-0.25, -0.2) is 4.98 Å². The van der Waals surface area contributed by atoms with Crippen LogP contribution in [0, 0.1) is 6.92 Å². The minimum absolute atomic E-state index is 0.152. The standard InChI is InChI=1S/C17H17N5O2/c1-10-21-15-4-3-13(18)8-16(15)22(10)17(24)12-5-6-19-14(7-12)9-20-11(2)23/h3-8H,9,18H2,1-2H3,(H,20,23). The lowest BCUT2D eigenvalue weighted by Gasteiger charge is -2.08. The molecule has 7 nitrogen and oxygen atoms in total. The Bertz CT molecular complexity index is 945. The van der Waals surface area contributed by atoms with Crippen LogP contribution in [0.5, 0.6) is 0 Å². The molecule has 3 aromatic rings. The molecule has 2 aromatic heterocycles. The summed E-state index contributed by atoms with van der Waals surface area (Å²) in [7, 11) is 0. The second-order valence-electron chi connectivity index (χ2n) is 5.49. The summed E-state index contributed by atoms with van der Waals surface area (Å²) in [4.78, 5) is 32.5. The van der Waals surface area contributed by atoms with E-state index >= 15 is 0 Å². The van der Waals surface area contributed by atoms with Crippen LogP contribution in [0.15, 0.2) is 36.5 Å². The van der Waals surface area contributed by atoms with Crippen molar-refractivity contribution in [1.29, 1.82) is 0 Å². The zero-order valence-electron chi connectivity index (χ0n) is 13.4. The van der Waals surface area contributed by atoms with E-state index in [2.05, 4.69) is 15.3 Å². The highest BCUT2D eigenvalue weighted by atomic mass is 16.2. The summed E-state index contributed by atoms with van der Waals surface area (Å²) in [6.07, 6.45) is 1.55. The number of amides is 1. The highest BCUT2D eigenvalue weighted by molar-refractivity contribution is 6.02. The number of fused-ring (bicyclic) bond motifs is 1. The van der Waals surface area contributed by atoms with Gasteiger partial charge in [0.2, 0.25) is 5.91 Å². The maximum atomic E-state index is 12.9. The van der Waals surface area contributed by atoms with Gasteiger partial charge in [0.15, 0.2) is 0 Å². The van der Waals surface area contributed by atoms with E-state index in [-0.39, 0.29) is 18.4 Å². The SMILES string of the molecule is CC(=O)NCc1cc(C(=O)n2c(C)nc3ccc(N)cc32)ccn1. The number of imidazole rings is 1.